The summed E-state index contributed by atoms with van der Waals surface area (Å²) in [7, 11) is 0. The Labute approximate surface area is 115 Å². The second-order valence-corrected chi connectivity index (χ2v) is 4.58. The van der Waals surface area contributed by atoms with Crippen molar-refractivity contribution >= 4 is 35.5 Å². The summed E-state index contributed by atoms with van der Waals surface area (Å²) in [6.45, 7) is 5.08. The van der Waals surface area contributed by atoms with Gasteiger partial charge < -0.3 is 15.2 Å². The number of carbonyl (C=O) groups is 2. The van der Waals surface area contributed by atoms with E-state index in [0.29, 0.717) is 5.57 Å². The van der Waals surface area contributed by atoms with Crippen LogP contribution < -0.4 is 11.2 Å². The summed E-state index contributed by atoms with van der Waals surface area (Å²) < 4.78 is 9.92. The molecule has 0 fully saturated rings. The molecule has 104 valence electrons. The van der Waals surface area contributed by atoms with Crippen molar-refractivity contribution in [3.63, 3.8) is 0 Å². The highest BCUT2D eigenvalue weighted by Gasteiger charge is 2.43. The van der Waals surface area contributed by atoms with E-state index in [4.69, 9.17) is 15.2 Å². The Morgan fingerprint density at radius 1 is 1.63 bits per heavy atom. The molecule has 0 radical (unpaired) electrons. The maximum atomic E-state index is 11.7. The van der Waals surface area contributed by atoms with E-state index in [0.717, 1.165) is 0 Å². The normalized spacial score (nSPS) is 17.5. The predicted molar refractivity (Wildman–Crippen MR) is 72.2 cm³/mol. The highest BCUT2D eigenvalue weighted by Crippen LogP contribution is 2.31. The number of esters is 2. The number of nitrogens with two attached hydrogens (primary N) is 1. The zero-order valence-electron chi connectivity index (χ0n) is 10.9. The summed E-state index contributed by atoms with van der Waals surface area (Å²) in [5.74, 6) is -1.48. The minimum absolute atomic E-state index is 0.0300. The quantitative estimate of drug-likeness (QED) is 0.246. The highest BCUT2D eigenvalue weighted by molar-refractivity contribution is 7.80. The molecular formula is C11H15N3O4S. The largest absolute Gasteiger partial charge is 0.462 e. The van der Waals surface area contributed by atoms with Crippen molar-refractivity contribution in [1.82, 2.24) is 5.43 Å². The molecule has 0 aliphatic carbocycles. The molecule has 0 saturated heterocycles. The molecule has 1 rings (SSSR count). The SMILES string of the molecule is CCOC(=O)C1=C(/C=N/NC(N)=S)C(C)(C)OC1=O. The zero-order valence-corrected chi connectivity index (χ0v) is 11.7. The number of thiocarbonyl (C=S) groups is 1. The number of cyclic esters (lactones) is 1. The van der Waals surface area contributed by atoms with Crippen LogP contribution in [0.1, 0.15) is 20.8 Å². The number of hydrogen-bond donors (Lipinski definition) is 2. The molecule has 0 aromatic rings. The molecule has 0 bridgehead atoms. The first-order valence-electron chi connectivity index (χ1n) is 5.53. The van der Waals surface area contributed by atoms with Crippen LogP contribution in [-0.2, 0) is 19.1 Å². The van der Waals surface area contributed by atoms with Crippen molar-refractivity contribution < 1.29 is 19.1 Å². The number of nitrogens with one attached hydrogen (secondary N) is 1. The van der Waals surface area contributed by atoms with Gasteiger partial charge in [0.2, 0.25) is 0 Å². The Bertz CT molecular complexity index is 482. The fourth-order valence-corrected chi connectivity index (χ4v) is 1.58. The van der Waals surface area contributed by atoms with Gasteiger partial charge in [0.05, 0.1) is 12.8 Å². The standard InChI is InChI=1S/C11H15N3O4S/c1-4-17-8(15)7-6(5-13-14-10(12)19)11(2,3)18-9(7)16/h5H,4H2,1-3H3,(H3,12,14,19)/b13-5+. The van der Waals surface area contributed by atoms with E-state index in [2.05, 4.69) is 22.7 Å². The van der Waals surface area contributed by atoms with Crippen molar-refractivity contribution in [2.24, 2.45) is 10.8 Å². The summed E-state index contributed by atoms with van der Waals surface area (Å²) in [5, 5.41) is 3.71. The van der Waals surface area contributed by atoms with E-state index in [9.17, 15) is 9.59 Å². The molecular weight excluding hydrogens is 270 g/mol. The summed E-state index contributed by atoms with van der Waals surface area (Å²) in [6, 6.07) is 0. The Kier molecular flexibility index (Phi) is 4.60. The third-order valence-electron chi connectivity index (χ3n) is 2.32. The first-order valence-corrected chi connectivity index (χ1v) is 5.94. The van der Waals surface area contributed by atoms with Crippen LogP contribution in [0.3, 0.4) is 0 Å². The predicted octanol–water partition coefficient (Wildman–Crippen LogP) is 0.000500. The van der Waals surface area contributed by atoms with E-state index in [1.54, 1.807) is 20.8 Å². The summed E-state index contributed by atoms with van der Waals surface area (Å²) in [4.78, 5) is 23.4. The van der Waals surface area contributed by atoms with Crippen molar-refractivity contribution in [2.45, 2.75) is 26.4 Å². The van der Waals surface area contributed by atoms with Crippen molar-refractivity contribution in [2.75, 3.05) is 6.61 Å². The number of nitrogens with zero attached hydrogens (tertiary/aromatic N) is 1. The first-order chi connectivity index (χ1) is 8.79. The lowest BCUT2D eigenvalue weighted by Crippen LogP contribution is -2.27. The number of hydrogen-bond acceptors (Lipinski definition) is 6. The smallest absolute Gasteiger partial charge is 0.346 e. The summed E-state index contributed by atoms with van der Waals surface area (Å²) in [5.41, 5.74) is 6.72. The fourth-order valence-electron chi connectivity index (χ4n) is 1.53. The number of rotatable bonds is 4. The second-order valence-electron chi connectivity index (χ2n) is 4.14. The van der Waals surface area contributed by atoms with Gasteiger partial charge in [0.15, 0.2) is 10.7 Å². The molecule has 0 unspecified atom stereocenters. The van der Waals surface area contributed by atoms with Gasteiger partial charge in [-0.05, 0) is 33.0 Å². The van der Waals surface area contributed by atoms with Crippen molar-refractivity contribution in [3.05, 3.63) is 11.1 Å². The van der Waals surface area contributed by atoms with Gasteiger partial charge in [-0.1, -0.05) is 0 Å². The Hall–Kier alpha value is -1.96. The van der Waals surface area contributed by atoms with Crippen LogP contribution in [0.15, 0.2) is 16.2 Å². The van der Waals surface area contributed by atoms with Crippen molar-refractivity contribution in [3.8, 4) is 0 Å². The summed E-state index contributed by atoms with van der Waals surface area (Å²) in [6.07, 6.45) is 1.27. The van der Waals surface area contributed by atoms with Crippen LogP contribution in [0, 0.1) is 0 Å². The summed E-state index contributed by atoms with van der Waals surface area (Å²) >= 11 is 4.59. The minimum Gasteiger partial charge on any atom is -0.462 e. The highest BCUT2D eigenvalue weighted by atomic mass is 32.1. The van der Waals surface area contributed by atoms with Crippen LogP contribution in [0.5, 0.6) is 0 Å². The third kappa shape index (κ3) is 3.50. The van der Waals surface area contributed by atoms with Gasteiger partial charge in [-0.25, -0.2) is 9.59 Å². The maximum absolute atomic E-state index is 11.7. The van der Waals surface area contributed by atoms with Crippen LogP contribution in [0.25, 0.3) is 0 Å². The van der Waals surface area contributed by atoms with Gasteiger partial charge >= 0.3 is 11.9 Å². The first kappa shape index (κ1) is 15.1. The molecule has 1 aliphatic heterocycles. The van der Waals surface area contributed by atoms with E-state index >= 15 is 0 Å². The fraction of sp³-hybridized carbons (Fsp3) is 0.455. The van der Waals surface area contributed by atoms with E-state index in [-0.39, 0.29) is 17.3 Å². The average Bonchev–Trinajstić information content (AvgIpc) is 2.48. The molecule has 0 atom stereocenters. The molecule has 3 N–H and O–H groups in total. The van der Waals surface area contributed by atoms with Gasteiger partial charge in [0.25, 0.3) is 0 Å². The maximum Gasteiger partial charge on any atom is 0.346 e. The molecule has 0 amide bonds. The molecule has 19 heavy (non-hydrogen) atoms. The molecule has 1 heterocycles. The molecule has 8 heteroatoms. The minimum atomic E-state index is -0.972. The van der Waals surface area contributed by atoms with Crippen LogP contribution in [0.4, 0.5) is 0 Å². The lowest BCUT2D eigenvalue weighted by Gasteiger charge is -2.18. The van der Waals surface area contributed by atoms with Gasteiger partial charge in [0, 0.05) is 5.57 Å². The lowest BCUT2D eigenvalue weighted by molar-refractivity contribution is -0.148. The second kappa shape index (κ2) is 5.79. The van der Waals surface area contributed by atoms with E-state index < -0.39 is 17.5 Å². The number of hydrazone groups is 1. The lowest BCUT2D eigenvalue weighted by atomic mass is 9.97. The third-order valence-corrected chi connectivity index (χ3v) is 2.41. The molecule has 1 aliphatic rings. The van der Waals surface area contributed by atoms with Crippen LogP contribution in [0.2, 0.25) is 0 Å². The van der Waals surface area contributed by atoms with Crippen LogP contribution >= 0.6 is 12.2 Å². The van der Waals surface area contributed by atoms with E-state index in [1.165, 1.54) is 6.21 Å². The van der Waals surface area contributed by atoms with Crippen LogP contribution in [-0.4, -0.2) is 35.5 Å². The number of ether oxygens (including phenoxy) is 2. The van der Waals surface area contributed by atoms with Gasteiger partial charge in [-0.15, -0.1) is 0 Å². The number of carbonyl (C=O) groups excluding carboxylic acids is 2. The molecule has 0 saturated carbocycles. The monoisotopic (exact) mass is 285 g/mol. The van der Waals surface area contributed by atoms with Gasteiger partial charge in [-0.3, -0.25) is 5.43 Å². The Morgan fingerprint density at radius 3 is 2.79 bits per heavy atom. The zero-order chi connectivity index (χ0) is 14.6. The topological polar surface area (TPSA) is 103 Å². The molecule has 7 nitrogen and oxygen atoms in total. The Morgan fingerprint density at radius 2 is 2.26 bits per heavy atom. The molecule has 0 aromatic heterocycles. The molecule has 0 spiro atoms. The van der Waals surface area contributed by atoms with Gasteiger partial charge in [0.1, 0.15) is 5.60 Å². The van der Waals surface area contributed by atoms with E-state index in [1.807, 2.05) is 0 Å². The van der Waals surface area contributed by atoms with Crippen molar-refractivity contribution in [1.29, 1.82) is 0 Å². The van der Waals surface area contributed by atoms with Gasteiger partial charge in [-0.2, -0.15) is 5.10 Å². The Balaban J connectivity index is 3.12. The molecule has 0 aromatic carbocycles. The average molecular weight is 285 g/mol.